The molecule has 0 saturated heterocycles. The van der Waals surface area contributed by atoms with Gasteiger partial charge in [-0.3, -0.25) is 9.59 Å². The lowest BCUT2D eigenvalue weighted by Crippen LogP contribution is -2.16. The lowest BCUT2D eigenvalue weighted by Gasteiger charge is -2.10. The van der Waals surface area contributed by atoms with Crippen molar-refractivity contribution in [2.24, 2.45) is 0 Å². The lowest BCUT2D eigenvalue weighted by molar-refractivity contribution is -0.113. The second-order valence-corrected chi connectivity index (χ2v) is 7.01. The summed E-state index contributed by atoms with van der Waals surface area (Å²) in [5.41, 5.74) is 2.99. The number of halogens is 1. The molecule has 0 aliphatic rings. The Hall–Kier alpha value is -2.60. The summed E-state index contributed by atoms with van der Waals surface area (Å²) in [6.07, 6.45) is 0.677. The summed E-state index contributed by atoms with van der Waals surface area (Å²) in [5, 5.41) is 3.80. The molecule has 2 N–H and O–H groups in total. The van der Waals surface area contributed by atoms with Gasteiger partial charge in [0, 0.05) is 21.5 Å². The van der Waals surface area contributed by atoms with Crippen LogP contribution in [0.2, 0.25) is 0 Å². The van der Waals surface area contributed by atoms with E-state index in [0.29, 0.717) is 17.6 Å². The Kier molecular flexibility index (Phi) is 5.42. The van der Waals surface area contributed by atoms with Crippen LogP contribution in [0.4, 0.5) is 10.1 Å². The van der Waals surface area contributed by atoms with Crippen LogP contribution in [0, 0.1) is 12.7 Å². The number of aromatic nitrogens is 1. The van der Waals surface area contributed by atoms with Gasteiger partial charge in [0.15, 0.2) is 0 Å². The molecule has 0 unspecified atom stereocenters. The molecule has 0 atom stereocenters. The molecule has 26 heavy (non-hydrogen) atoms. The highest BCUT2D eigenvalue weighted by Gasteiger charge is 2.09. The van der Waals surface area contributed by atoms with Gasteiger partial charge in [0.2, 0.25) is 5.91 Å². The molecular weight excluding hydrogens is 351 g/mol. The van der Waals surface area contributed by atoms with Crippen LogP contribution in [0.1, 0.15) is 18.1 Å². The molecule has 3 aromatic rings. The molecule has 1 heterocycles. The molecule has 0 radical (unpaired) electrons. The summed E-state index contributed by atoms with van der Waals surface area (Å²) in [7, 11) is 0. The van der Waals surface area contributed by atoms with Gasteiger partial charge < -0.3 is 10.3 Å². The van der Waals surface area contributed by atoms with Crippen molar-refractivity contribution in [1.29, 1.82) is 0 Å². The number of pyridine rings is 1. The smallest absolute Gasteiger partial charge is 0.251 e. The number of H-pyrrole nitrogens is 1. The minimum Gasteiger partial charge on any atom is -0.325 e. The van der Waals surface area contributed by atoms with E-state index < -0.39 is 0 Å². The van der Waals surface area contributed by atoms with E-state index >= 15 is 0 Å². The minimum atomic E-state index is -0.300. The second-order valence-electron chi connectivity index (χ2n) is 5.96. The van der Waals surface area contributed by atoms with Crippen LogP contribution < -0.4 is 10.9 Å². The van der Waals surface area contributed by atoms with E-state index in [1.165, 1.54) is 23.9 Å². The number of carbonyl (C=O) groups is 1. The van der Waals surface area contributed by atoms with Crippen molar-refractivity contribution >= 4 is 34.3 Å². The van der Waals surface area contributed by atoms with Crippen LogP contribution in [0.15, 0.2) is 52.2 Å². The average molecular weight is 370 g/mol. The first-order valence-electron chi connectivity index (χ1n) is 8.31. The number of benzene rings is 2. The van der Waals surface area contributed by atoms with Gasteiger partial charge in [0.1, 0.15) is 5.82 Å². The number of anilines is 1. The Bertz CT molecular complexity index is 1010. The van der Waals surface area contributed by atoms with E-state index in [-0.39, 0.29) is 23.0 Å². The second kappa shape index (κ2) is 7.74. The van der Waals surface area contributed by atoms with Crippen LogP contribution in [-0.2, 0) is 11.2 Å². The highest BCUT2D eigenvalue weighted by molar-refractivity contribution is 8.00. The Morgan fingerprint density at radius 2 is 1.92 bits per heavy atom. The Balaban J connectivity index is 1.73. The van der Waals surface area contributed by atoms with Crippen molar-refractivity contribution in [3.8, 4) is 0 Å². The third-order valence-corrected chi connectivity index (χ3v) is 5.23. The highest BCUT2D eigenvalue weighted by atomic mass is 32.2. The summed E-state index contributed by atoms with van der Waals surface area (Å²) in [5.74, 6) is -0.248. The normalized spacial score (nSPS) is 10.9. The van der Waals surface area contributed by atoms with Gasteiger partial charge in [-0.15, -0.1) is 11.8 Å². The number of thioether (sulfide) groups is 1. The molecule has 0 bridgehead atoms. The molecule has 0 spiro atoms. The molecule has 0 aliphatic carbocycles. The van der Waals surface area contributed by atoms with Crippen LogP contribution in [0.5, 0.6) is 0 Å². The standard InChI is InChI=1S/C20H19FN2O2S/c1-3-16-12(2)17-9-6-14(10-18(17)23-20(16)25)22-19(24)11-26-15-7-4-13(21)5-8-15/h4-10H,3,11H2,1-2H3,(H,22,24)(H,23,25). The minimum absolute atomic E-state index is 0.0900. The first-order chi connectivity index (χ1) is 12.5. The van der Waals surface area contributed by atoms with Crippen molar-refractivity contribution < 1.29 is 9.18 Å². The van der Waals surface area contributed by atoms with Crippen LogP contribution in [0.25, 0.3) is 10.9 Å². The Morgan fingerprint density at radius 1 is 1.19 bits per heavy atom. The van der Waals surface area contributed by atoms with Gasteiger partial charge in [-0.1, -0.05) is 13.0 Å². The number of aromatic amines is 1. The average Bonchev–Trinajstić information content (AvgIpc) is 2.61. The maximum Gasteiger partial charge on any atom is 0.251 e. The van der Waals surface area contributed by atoms with E-state index in [9.17, 15) is 14.0 Å². The molecular formula is C20H19FN2O2S. The lowest BCUT2D eigenvalue weighted by atomic mass is 10.0. The number of fused-ring (bicyclic) bond motifs is 1. The summed E-state index contributed by atoms with van der Waals surface area (Å²) < 4.78 is 12.9. The van der Waals surface area contributed by atoms with E-state index in [1.54, 1.807) is 18.2 Å². The number of carbonyl (C=O) groups excluding carboxylic acids is 1. The van der Waals surface area contributed by atoms with Gasteiger partial charge >= 0.3 is 0 Å². The van der Waals surface area contributed by atoms with Gasteiger partial charge in [0.05, 0.1) is 11.3 Å². The SMILES string of the molecule is CCc1c(C)c2ccc(NC(=O)CSc3ccc(F)cc3)cc2[nH]c1=O. The van der Waals surface area contributed by atoms with Gasteiger partial charge in [-0.2, -0.15) is 0 Å². The zero-order chi connectivity index (χ0) is 18.7. The molecule has 3 rings (SSSR count). The summed E-state index contributed by atoms with van der Waals surface area (Å²) in [4.78, 5) is 28.0. The topological polar surface area (TPSA) is 62.0 Å². The zero-order valence-electron chi connectivity index (χ0n) is 14.6. The summed E-state index contributed by atoms with van der Waals surface area (Å²) in [6.45, 7) is 3.89. The zero-order valence-corrected chi connectivity index (χ0v) is 15.4. The number of nitrogens with one attached hydrogen (secondary N) is 2. The van der Waals surface area contributed by atoms with E-state index in [0.717, 1.165) is 21.4 Å². The molecule has 0 saturated carbocycles. The molecule has 6 heteroatoms. The maximum absolute atomic E-state index is 12.9. The first-order valence-corrected chi connectivity index (χ1v) is 9.30. The summed E-state index contributed by atoms with van der Waals surface area (Å²) in [6, 6.07) is 11.5. The number of rotatable bonds is 5. The third-order valence-electron chi connectivity index (χ3n) is 4.22. The van der Waals surface area contributed by atoms with Gasteiger partial charge in [-0.25, -0.2) is 4.39 Å². The molecule has 1 aromatic heterocycles. The fourth-order valence-electron chi connectivity index (χ4n) is 2.89. The molecule has 0 fully saturated rings. The predicted octanol–water partition coefficient (Wildman–Crippen LogP) is 4.27. The molecule has 1 amide bonds. The Morgan fingerprint density at radius 3 is 2.62 bits per heavy atom. The predicted molar refractivity (Wildman–Crippen MR) is 104 cm³/mol. The molecule has 134 valence electrons. The van der Waals surface area contributed by atoms with Crippen molar-refractivity contribution in [3.05, 3.63) is 69.8 Å². The van der Waals surface area contributed by atoms with Gasteiger partial charge in [-0.05, 0) is 55.3 Å². The molecule has 0 aliphatic heterocycles. The Labute approximate surface area is 154 Å². The van der Waals surface area contributed by atoms with E-state index in [1.807, 2.05) is 26.0 Å². The third kappa shape index (κ3) is 3.96. The van der Waals surface area contributed by atoms with Gasteiger partial charge in [0.25, 0.3) is 5.56 Å². The fourth-order valence-corrected chi connectivity index (χ4v) is 3.58. The quantitative estimate of drug-likeness (QED) is 0.660. The number of hydrogen-bond donors (Lipinski definition) is 2. The molecule has 4 nitrogen and oxygen atoms in total. The number of aryl methyl sites for hydroxylation is 1. The van der Waals surface area contributed by atoms with Crippen LogP contribution in [-0.4, -0.2) is 16.6 Å². The molecule has 2 aromatic carbocycles. The fraction of sp³-hybridized carbons (Fsp3) is 0.200. The van der Waals surface area contributed by atoms with Crippen molar-refractivity contribution in [2.45, 2.75) is 25.2 Å². The largest absolute Gasteiger partial charge is 0.325 e. The first kappa shape index (κ1) is 18.2. The number of amides is 1. The highest BCUT2D eigenvalue weighted by Crippen LogP contribution is 2.22. The monoisotopic (exact) mass is 370 g/mol. The maximum atomic E-state index is 12.9. The number of hydrogen-bond acceptors (Lipinski definition) is 3. The van der Waals surface area contributed by atoms with Crippen LogP contribution >= 0.6 is 11.8 Å². The summed E-state index contributed by atoms with van der Waals surface area (Å²) >= 11 is 1.33. The van der Waals surface area contributed by atoms with E-state index in [2.05, 4.69) is 10.3 Å². The van der Waals surface area contributed by atoms with Crippen molar-refractivity contribution in [3.63, 3.8) is 0 Å². The van der Waals surface area contributed by atoms with Crippen molar-refractivity contribution in [1.82, 2.24) is 4.98 Å². The van der Waals surface area contributed by atoms with Crippen LogP contribution in [0.3, 0.4) is 0 Å². The van der Waals surface area contributed by atoms with Crippen molar-refractivity contribution in [2.75, 3.05) is 11.1 Å². The van der Waals surface area contributed by atoms with E-state index in [4.69, 9.17) is 0 Å².